The van der Waals surface area contributed by atoms with E-state index in [-0.39, 0.29) is 16.7 Å². The topological polar surface area (TPSA) is 40.5 Å². The lowest BCUT2D eigenvalue weighted by molar-refractivity contribution is 0.444. The molecule has 232 valence electrons. The number of aromatic hydroxyl groups is 2. The van der Waals surface area contributed by atoms with Crippen molar-refractivity contribution in [2.24, 2.45) is 0 Å². The molecule has 0 saturated heterocycles. The summed E-state index contributed by atoms with van der Waals surface area (Å²) in [5.41, 5.74) is 6.69. The van der Waals surface area contributed by atoms with Crippen LogP contribution in [0.15, 0.2) is 24.3 Å². The number of phenolic OH excluding ortho intramolecular Hbond substituents is 2. The van der Waals surface area contributed by atoms with Crippen molar-refractivity contribution in [3.8, 4) is 11.5 Å². The Morgan fingerprint density at radius 3 is 1.15 bits per heavy atom. The van der Waals surface area contributed by atoms with Crippen LogP contribution in [0.5, 0.6) is 11.5 Å². The van der Waals surface area contributed by atoms with Gasteiger partial charge in [0.1, 0.15) is 11.5 Å². The maximum atomic E-state index is 10.8. The molecule has 0 aromatic heterocycles. The second-order valence-corrected chi connectivity index (χ2v) is 14.9. The van der Waals surface area contributed by atoms with Crippen molar-refractivity contribution >= 4 is 0 Å². The molecule has 2 rings (SSSR count). The van der Waals surface area contributed by atoms with Gasteiger partial charge in [0, 0.05) is 5.92 Å². The average Bonchev–Trinajstić information content (AvgIpc) is 2.86. The van der Waals surface area contributed by atoms with Gasteiger partial charge in [0.25, 0.3) is 0 Å². The Morgan fingerprint density at radius 2 is 0.829 bits per heavy atom. The first-order valence-corrected chi connectivity index (χ1v) is 16.9. The van der Waals surface area contributed by atoms with Crippen LogP contribution < -0.4 is 0 Å². The maximum Gasteiger partial charge on any atom is 0.119 e. The number of aryl methyl sites for hydroxylation is 2. The van der Waals surface area contributed by atoms with Gasteiger partial charge in [-0.15, -0.1) is 0 Å². The molecule has 0 aliphatic carbocycles. The molecular formula is C39H64O2. The summed E-state index contributed by atoms with van der Waals surface area (Å²) in [4.78, 5) is 0. The molecule has 0 aliphatic heterocycles. The number of rotatable bonds is 17. The number of hydrogen-bond donors (Lipinski definition) is 2. The standard InChI is InChI=1S/C39H64O2/c1-10-11-12-13-14-15-16-17-18-19-20-21-22-23-24-31(32-27-34(38(4,5)6)36(40)25-29(32)2)33-28-35(39(7,8)9)37(41)26-30(33)3/h25-28,31,40-41H,10-24H2,1-9H3. The van der Waals surface area contributed by atoms with Gasteiger partial charge in [-0.3, -0.25) is 0 Å². The Kier molecular flexibility index (Phi) is 14.3. The van der Waals surface area contributed by atoms with Crippen LogP contribution in [0.2, 0.25) is 0 Å². The zero-order valence-electron chi connectivity index (χ0n) is 28.4. The zero-order chi connectivity index (χ0) is 30.6. The normalized spacial score (nSPS) is 12.4. The first-order chi connectivity index (χ1) is 19.3. The fourth-order valence-corrected chi connectivity index (χ4v) is 6.39. The van der Waals surface area contributed by atoms with Crippen molar-refractivity contribution in [1.82, 2.24) is 0 Å². The summed E-state index contributed by atoms with van der Waals surface area (Å²) in [6.07, 6.45) is 20.2. The lowest BCUT2D eigenvalue weighted by Gasteiger charge is -2.29. The van der Waals surface area contributed by atoms with Crippen LogP contribution in [0, 0.1) is 13.8 Å². The molecular weight excluding hydrogens is 500 g/mol. The van der Waals surface area contributed by atoms with E-state index in [0.29, 0.717) is 11.5 Å². The summed E-state index contributed by atoms with van der Waals surface area (Å²) in [6.45, 7) is 19.6. The summed E-state index contributed by atoms with van der Waals surface area (Å²) in [6, 6.07) is 8.47. The van der Waals surface area contributed by atoms with Crippen LogP contribution in [0.25, 0.3) is 0 Å². The van der Waals surface area contributed by atoms with Crippen LogP contribution in [0.1, 0.15) is 184 Å². The summed E-state index contributed by atoms with van der Waals surface area (Å²) < 4.78 is 0. The smallest absolute Gasteiger partial charge is 0.119 e. The molecule has 2 aromatic rings. The summed E-state index contributed by atoms with van der Waals surface area (Å²) in [5, 5.41) is 21.6. The van der Waals surface area contributed by atoms with E-state index < -0.39 is 0 Å². The van der Waals surface area contributed by atoms with Gasteiger partial charge in [-0.2, -0.15) is 0 Å². The highest BCUT2D eigenvalue weighted by atomic mass is 16.3. The maximum absolute atomic E-state index is 10.8. The van der Waals surface area contributed by atoms with E-state index in [1.165, 1.54) is 101 Å². The van der Waals surface area contributed by atoms with E-state index in [1.807, 2.05) is 12.1 Å². The highest BCUT2D eigenvalue weighted by molar-refractivity contribution is 5.52. The highest BCUT2D eigenvalue weighted by Crippen LogP contribution is 2.42. The number of unbranched alkanes of at least 4 members (excludes halogenated alkanes) is 13. The molecule has 2 nitrogen and oxygen atoms in total. The third-order valence-corrected chi connectivity index (χ3v) is 8.98. The van der Waals surface area contributed by atoms with Crippen LogP contribution in [0.4, 0.5) is 0 Å². The van der Waals surface area contributed by atoms with Gasteiger partial charge < -0.3 is 10.2 Å². The Morgan fingerprint density at radius 1 is 0.512 bits per heavy atom. The summed E-state index contributed by atoms with van der Waals surface area (Å²) in [7, 11) is 0. The van der Waals surface area contributed by atoms with Gasteiger partial charge in [-0.05, 0) is 76.6 Å². The monoisotopic (exact) mass is 564 g/mol. The SMILES string of the molecule is CCCCCCCCCCCCCCCCC(c1cc(C(C)(C)C)c(O)cc1C)c1cc(C(C)(C)C)c(O)cc1C. The van der Waals surface area contributed by atoms with Crippen molar-refractivity contribution in [2.45, 2.75) is 175 Å². The van der Waals surface area contributed by atoms with Gasteiger partial charge in [0.05, 0.1) is 0 Å². The number of phenols is 2. The Hall–Kier alpha value is -1.96. The van der Waals surface area contributed by atoms with Crippen LogP contribution >= 0.6 is 0 Å². The number of benzene rings is 2. The molecule has 0 unspecified atom stereocenters. The average molecular weight is 565 g/mol. The molecule has 41 heavy (non-hydrogen) atoms. The zero-order valence-corrected chi connectivity index (χ0v) is 28.4. The van der Waals surface area contributed by atoms with E-state index >= 15 is 0 Å². The van der Waals surface area contributed by atoms with Gasteiger partial charge >= 0.3 is 0 Å². The summed E-state index contributed by atoms with van der Waals surface area (Å²) >= 11 is 0. The Bertz CT molecular complexity index is 981. The first-order valence-electron chi connectivity index (χ1n) is 16.9. The molecule has 0 bridgehead atoms. The lowest BCUT2D eigenvalue weighted by Crippen LogP contribution is -2.16. The van der Waals surface area contributed by atoms with E-state index in [2.05, 4.69) is 74.4 Å². The molecule has 0 atom stereocenters. The molecule has 2 heteroatoms. The second-order valence-electron chi connectivity index (χ2n) is 14.9. The first kappa shape index (κ1) is 35.2. The van der Waals surface area contributed by atoms with Crippen molar-refractivity contribution in [3.63, 3.8) is 0 Å². The minimum absolute atomic E-state index is 0.132. The molecule has 0 saturated carbocycles. The number of hydrogen-bond acceptors (Lipinski definition) is 2. The van der Waals surface area contributed by atoms with E-state index in [1.54, 1.807) is 0 Å². The van der Waals surface area contributed by atoms with Gasteiger partial charge in [0.2, 0.25) is 0 Å². The van der Waals surface area contributed by atoms with Crippen molar-refractivity contribution in [1.29, 1.82) is 0 Å². The van der Waals surface area contributed by atoms with Crippen molar-refractivity contribution in [2.75, 3.05) is 0 Å². The lowest BCUT2D eigenvalue weighted by atomic mass is 9.76. The predicted octanol–water partition coefficient (Wildman–Crippen LogP) is 12.3. The van der Waals surface area contributed by atoms with Gasteiger partial charge in [-0.1, -0.05) is 150 Å². The van der Waals surface area contributed by atoms with E-state index in [0.717, 1.165) is 28.7 Å². The Balaban J connectivity index is 2.08. The third kappa shape index (κ3) is 11.3. The summed E-state index contributed by atoms with van der Waals surface area (Å²) in [5.74, 6) is 1.04. The van der Waals surface area contributed by atoms with Crippen molar-refractivity contribution in [3.05, 3.63) is 57.6 Å². The second kappa shape index (κ2) is 16.6. The fourth-order valence-electron chi connectivity index (χ4n) is 6.39. The molecule has 2 aromatic carbocycles. The molecule has 0 aliphatic rings. The molecule has 0 heterocycles. The fraction of sp³-hybridized carbons (Fsp3) is 0.692. The molecule has 0 spiro atoms. The molecule has 2 N–H and O–H groups in total. The largest absolute Gasteiger partial charge is 0.508 e. The minimum Gasteiger partial charge on any atom is -0.508 e. The predicted molar refractivity (Wildman–Crippen MR) is 180 cm³/mol. The Labute approximate surface area is 254 Å². The molecule has 0 fully saturated rings. The van der Waals surface area contributed by atoms with Crippen LogP contribution in [0.3, 0.4) is 0 Å². The minimum atomic E-state index is -0.132. The van der Waals surface area contributed by atoms with Gasteiger partial charge in [-0.25, -0.2) is 0 Å². The van der Waals surface area contributed by atoms with Crippen molar-refractivity contribution < 1.29 is 10.2 Å². The molecule has 0 amide bonds. The molecule has 0 radical (unpaired) electrons. The third-order valence-electron chi connectivity index (χ3n) is 8.98. The van der Waals surface area contributed by atoms with E-state index in [4.69, 9.17) is 0 Å². The highest BCUT2D eigenvalue weighted by Gasteiger charge is 2.27. The van der Waals surface area contributed by atoms with Gasteiger partial charge in [0.15, 0.2) is 0 Å². The quantitative estimate of drug-likeness (QED) is 0.188. The van der Waals surface area contributed by atoms with Crippen LogP contribution in [-0.4, -0.2) is 10.2 Å². The van der Waals surface area contributed by atoms with E-state index in [9.17, 15) is 10.2 Å². The van der Waals surface area contributed by atoms with Crippen LogP contribution in [-0.2, 0) is 10.8 Å².